The number of benzene rings is 2. The summed E-state index contributed by atoms with van der Waals surface area (Å²) in [7, 11) is 0. The van der Waals surface area contributed by atoms with E-state index in [0.717, 1.165) is 22.4 Å². The third-order valence-electron chi connectivity index (χ3n) is 3.92. The normalized spacial score (nSPS) is 10.6. The van der Waals surface area contributed by atoms with E-state index in [1.165, 1.54) is 16.9 Å². The number of thiazole rings is 1. The maximum absolute atomic E-state index is 12.1. The van der Waals surface area contributed by atoms with Crippen LogP contribution in [0.1, 0.15) is 21.6 Å². The van der Waals surface area contributed by atoms with Gasteiger partial charge in [0.2, 0.25) is 0 Å². The van der Waals surface area contributed by atoms with Gasteiger partial charge in [0, 0.05) is 22.5 Å². The van der Waals surface area contributed by atoms with E-state index in [1.807, 2.05) is 56.3 Å². The first-order chi connectivity index (χ1) is 12.5. The number of aromatic nitrogens is 1. The van der Waals surface area contributed by atoms with Gasteiger partial charge in [0.1, 0.15) is 5.75 Å². The van der Waals surface area contributed by atoms with Crippen molar-refractivity contribution in [3.63, 3.8) is 0 Å². The number of ether oxygens (including phenoxy) is 1. The summed E-state index contributed by atoms with van der Waals surface area (Å²) in [5, 5.41) is 4.05. The second-order valence-electron chi connectivity index (χ2n) is 6.02. The summed E-state index contributed by atoms with van der Waals surface area (Å²) in [6, 6.07) is 13.5. The minimum Gasteiger partial charge on any atom is -0.484 e. The molecule has 134 valence electrons. The number of carbonyl (C=O) groups is 1. The van der Waals surface area contributed by atoms with Gasteiger partial charge < -0.3 is 4.74 Å². The second-order valence-corrected chi connectivity index (χ2v) is 7.57. The fourth-order valence-electron chi connectivity index (χ4n) is 2.40. The molecule has 1 heterocycles. The van der Waals surface area contributed by atoms with Crippen LogP contribution >= 0.6 is 22.9 Å². The van der Waals surface area contributed by atoms with E-state index in [9.17, 15) is 4.79 Å². The van der Waals surface area contributed by atoms with Gasteiger partial charge >= 0.3 is 0 Å². The molecule has 1 amide bonds. The molecular formula is C20H19ClN2O2S. The molecule has 3 rings (SSSR count). The van der Waals surface area contributed by atoms with Crippen molar-refractivity contribution >= 4 is 34.0 Å². The van der Waals surface area contributed by atoms with Crippen molar-refractivity contribution in [1.29, 1.82) is 0 Å². The Morgan fingerprint density at radius 1 is 1.19 bits per heavy atom. The minimum atomic E-state index is -0.230. The Hall–Kier alpha value is -2.37. The van der Waals surface area contributed by atoms with E-state index in [0.29, 0.717) is 15.9 Å². The van der Waals surface area contributed by atoms with E-state index < -0.39 is 0 Å². The van der Waals surface area contributed by atoms with Crippen molar-refractivity contribution in [3.8, 4) is 5.75 Å². The van der Waals surface area contributed by atoms with Gasteiger partial charge in [-0.1, -0.05) is 29.8 Å². The number of rotatable bonds is 6. The minimum absolute atomic E-state index is 0.0499. The van der Waals surface area contributed by atoms with Crippen molar-refractivity contribution in [2.24, 2.45) is 0 Å². The largest absolute Gasteiger partial charge is 0.484 e. The third kappa shape index (κ3) is 5.07. The first kappa shape index (κ1) is 18.4. The Labute approximate surface area is 161 Å². The molecule has 6 heteroatoms. The van der Waals surface area contributed by atoms with Crippen LogP contribution in [0.2, 0.25) is 5.02 Å². The Morgan fingerprint density at radius 3 is 2.81 bits per heavy atom. The number of anilines is 1. The summed E-state index contributed by atoms with van der Waals surface area (Å²) in [5.74, 6) is 0.455. The Balaban J connectivity index is 1.53. The van der Waals surface area contributed by atoms with Crippen LogP contribution in [0.4, 0.5) is 5.13 Å². The molecule has 0 fully saturated rings. The van der Waals surface area contributed by atoms with Crippen molar-refractivity contribution in [1.82, 2.24) is 4.98 Å². The number of hydrogen-bond donors (Lipinski definition) is 1. The molecule has 0 saturated carbocycles. The molecule has 0 unspecified atom stereocenters. The molecule has 3 aromatic rings. The number of halogens is 1. The van der Waals surface area contributed by atoms with Crippen LogP contribution in [0.5, 0.6) is 5.75 Å². The summed E-state index contributed by atoms with van der Waals surface area (Å²) in [6.45, 7) is 4.00. The van der Waals surface area contributed by atoms with E-state index in [4.69, 9.17) is 16.3 Å². The quantitative estimate of drug-likeness (QED) is 0.647. The van der Waals surface area contributed by atoms with Gasteiger partial charge in [0.05, 0.1) is 0 Å². The number of carbonyl (C=O) groups excluding carboxylic acids is 1. The van der Waals surface area contributed by atoms with Crippen LogP contribution in [0.25, 0.3) is 0 Å². The number of nitrogens with zero attached hydrogens (tertiary/aromatic N) is 1. The van der Waals surface area contributed by atoms with Crippen LogP contribution in [-0.2, 0) is 11.2 Å². The molecule has 0 saturated heterocycles. The Morgan fingerprint density at radius 2 is 2.04 bits per heavy atom. The molecule has 0 radical (unpaired) electrons. The van der Waals surface area contributed by atoms with Crippen LogP contribution in [0.15, 0.2) is 48.7 Å². The van der Waals surface area contributed by atoms with Gasteiger partial charge in [0.15, 0.2) is 11.7 Å². The predicted octanol–water partition coefficient (Wildman–Crippen LogP) is 5.02. The van der Waals surface area contributed by atoms with Gasteiger partial charge in [-0.3, -0.25) is 10.1 Å². The highest BCUT2D eigenvalue weighted by molar-refractivity contribution is 7.15. The number of nitrogens with one attached hydrogen (secondary N) is 1. The topological polar surface area (TPSA) is 51.2 Å². The SMILES string of the molecule is Cc1ccc(OCC(=O)Nc2ncc(Cc3cccc(Cl)c3)s2)cc1C. The van der Waals surface area contributed by atoms with Crippen LogP contribution in [-0.4, -0.2) is 17.5 Å². The Bertz CT molecular complexity index is 924. The molecular weight excluding hydrogens is 368 g/mol. The molecule has 0 atom stereocenters. The van der Waals surface area contributed by atoms with Crippen LogP contribution in [0.3, 0.4) is 0 Å². The molecule has 1 aromatic heterocycles. The van der Waals surface area contributed by atoms with E-state index >= 15 is 0 Å². The lowest BCUT2D eigenvalue weighted by Gasteiger charge is -2.07. The number of aryl methyl sites for hydroxylation is 2. The van der Waals surface area contributed by atoms with Crippen LogP contribution < -0.4 is 10.1 Å². The third-order valence-corrected chi connectivity index (χ3v) is 5.06. The molecule has 4 nitrogen and oxygen atoms in total. The average Bonchev–Trinajstić information content (AvgIpc) is 3.03. The van der Waals surface area contributed by atoms with E-state index in [-0.39, 0.29) is 12.5 Å². The van der Waals surface area contributed by atoms with Crippen molar-refractivity contribution in [3.05, 3.63) is 75.3 Å². The summed E-state index contributed by atoms with van der Waals surface area (Å²) >= 11 is 7.45. The second kappa shape index (κ2) is 8.34. The monoisotopic (exact) mass is 386 g/mol. The van der Waals surface area contributed by atoms with Crippen LogP contribution in [0, 0.1) is 13.8 Å². The molecule has 2 aromatic carbocycles. The number of hydrogen-bond acceptors (Lipinski definition) is 4. The molecule has 0 aliphatic carbocycles. The highest BCUT2D eigenvalue weighted by Crippen LogP contribution is 2.22. The highest BCUT2D eigenvalue weighted by atomic mass is 35.5. The predicted molar refractivity (Wildman–Crippen MR) is 106 cm³/mol. The summed E-state index contributed by atoms with van der Waals surface area (Å²) < 4.78 is 5.54. The van der Waals surface area contributed by atoms with Gasteiger partial charge in [-0.15, -0.1) is 11.3 Å². The van der Waals surface area contributed by atoms with Gasteiger partial charge in [0.25, 0.3) is 5.91 Å². The lowest BCUT2D eigenvalue weighted by atomic mass is 10.1. The standard InChI is InChI=1S/C20H19ClN2O2S/c1-13-6-7-17(8-14(13)2)25-12-19(24)23-20-22-11-18(26-20)10-15-4-3-5-16(21)9-15/h3-9,11H,10,12H2,1-2H3,(H,22,23,24). The molecule has 0 aliphatic heterocycles. The first-order valence-corrected chi connectivity index (χ1v) is 9.38. The summed E-state index contributed by atoms with van der Waals surface area (Å²) in [5.41, 5.74) is 3.43. The molecule has 0 bridgehead atoms. The molecule has 1 N–H and O–H groups in total. The van der Waals surface area contributed by atoms with Crippen molar-refractivity contribution in [2.45, 2.75) is 20.3 Å². The molecule has 0 spiro atoms. The zero-order chi connectivity index (χ0) is 18.5. The van der Waals surface area contributed by atoms with E-state index in [1.54, 1.807) is 6.20 Å². The highest BCUT2D eigenvalue weighted by Gasteiger charge is 2.09. The zero-order valence-electron chi connectivity index (χ0n) is 14.6. The van der Waals surface area contributed by atoms with Crippen molar-refractivity contribution in [2.75, 3.05) is 11.9 Å². The summed E-state index contributed by atoms with van der Waals surface area (Å²) in [4.78, 5) is 17.4. The fourth-order valence-corrected chi connectivity index (χ4v) is 3.48. The number of amides is 1. The van der Waals surface area contributed by atoms with E-state index in [2.05, 4.69) is 10.3 Å². The van der Waals surface area contributed by atoms with Gasteiger partial charge in [-0.2, -0.15) is 0 Å². The molecule has 26 heavy (non-hydrogen) atoms. The zero-order valence-corrected chi connectivity index (χ0v) is 16.2. The summed E-state index contributed by atoms with van der Waals surface area (Å²) in [6.07, 6.45) is 2.50. The molecule has 0 aliphatic rings. The van der Waals surface area contributed by atoms with Gasteiger partial charge in [-0.25, -0.2) is 4.98 Å². The Kier molecular flexibility index (Phi) is 5.91. The lowest BCUT2D eigenvalue weighted by Crippen LogP contribution is -2.20. The lowest BCUT2D eigenvalue weighted by molar-refractivity contribution is -0.118. The maximum atomic E-state index is 12.1. The first-order valence-electron chi connectivity index (χ1n) is 8.18. The average molecular weight is 387 g/mol. The fraction of sp³-hybridized carbons (Fsp3) is 0.200. The maximum Gasteiger partial charge on any atom is 0.264 e. The van der Waals surface area contributed by atoms with Gasteiger partial charge in [-0.05, 0) is 54.8 Å². The smallest absolute Gasteiger partial charge is 0.264 e. The van der Waals surface area contributed by atoms with Crippen molar-refractivity contribution < 1.29 is 9.53 Å².